The zero-order valence-electron chi connectivity index (χ0n) is 12.3. The first-order valence-electron chi connectivity index (χ1n) is 6.52. The quantitative estimate of drug-likeness (QED) is 0.877. The fourth-order valence-corrected chi connectivity index (χ4v) is 1.74. The van der Waals surface area contributed by atoms with E-state index in [9.17, 15) is 22.8 Å². The number of amides is 2. The van der Waals surface area contributed by atoms with Gasteiger partial charge in [-0.05, 0) is 18.1 Å². The fraction of sp³-hybridized carbons (Fsp3) is 0.429. The van der Waals surface area contributed by atoms with Crippen LogP contribution in [0.15, 0.2) is 24.3 Å². The average Bonchev–Trinajstić information content (AvgIpc) is 2.33. The largest absolute Gasteiger partial charge is 0.573 e. The number of benzene rings is 1. The van der Waals surface area contributed by atoms with Crippen molar-refractivity contribution in [1.29, 1.82) is 0 Å². The second kappa shape index (κ2) is 7.15. The molecule has 0 aromatic heterocycles. The first kappa shape index (κ1) is 17.8. The maximum Gasteiger partial charge on any atom is 0.573 e. The van der Waals surface area contributed by atoms with Crippen molar-refractivity contribution in [3.05, 3.63) is 24.3 Å². The van der Waals surface area contributed by atoms with Gasteiger partial charge in [0, 0.05) is 18.7 Å². The van der Waals surface area contributed by atoms with Gasteiger partial charge in [-0.15, -0.1) is 13.2 Å². The van der Waals surface area contributed by atoms with Crippen molar-refractivity contribution in [1.82, 2.24) is 5.32 Å². The molecule has 0 radical (unpaired) electrons. The lowest BCUT2D eigenvalue weighted by Gasteiger charge is -2.21. The van der Waals surface area contributed by atoms with E-state index in [1.165, 1.54) is 19.1 Å². The van der Waals surface area contributed by atoms with Crippen LogP contribution in [-0.2, 0) is 9.59 Å². The molecule has 0 fully saturated rings. The van der Waals surface area contributed by atoms with Gasteiger partial charge in [0.1, 0.15) is 11.8 Å². The van der Waals surface area contributed by atoms with Crippen molar-refractivity contribution >= 4 is 17.5 Å². The molecule has 0 aliphatic rings. The standard InChI is InChI=1S/C14H17F3N2O3/c1-8(2)12(18-9(3)20)13(21)19-10-5-4-6-11(7-10)22-14(15,16)17/h4-8,12H,1-3H3,(H,18,20)(H,19,21). The molecule has 5 nitrogen and oxygen atoms in total. The number of hydrogen-bond acceptors (Lipinski definition) is 3. The Kier molecular flexibility index (Phi) is 5.78. The highest BCUT2D eigenvalue weighted by molar-refractivity contribution is 5.97. The summed E-state index contributed by atoms with van der Waals surface area (Å²) in [6.45, 7) is 4.76. The van der Waals surface area contributed by atoms with Crippen LogP contribution >= 0.6 is 0 Å². The molecule has 0 spiro atoms. The SMILES string of the molecule is CC(=O)NC(C(=O)Nc1cccc(OC(F)(F)F)c1)C(C)C. The topological polar surface area (TPSA) is 67.4 Å². The van der Waals surface area contributed by atoms with E-state index in [4.69, 9.17) is 0 Å². The lowest BCUT2D eigenvalue weighted by atomic mass is 10.0. The molecule has 0 bridgehead atoms. The highest BCUT2D eigenvalue weighted by Gasteiger charge is 2.31. The highest BCUT2D eigenvalue weighted by Crippen LogP contribution is 2.25. The first-order valence-corrected chi connectivity index (χ1v) is 6.52. The molecule has 1 aromatic rings. The van der Waals surface area contributed by atoms with Crippen LogP contribution in [-0.4, -0.2) is 24.2 Å². The maximum atomic E-state index is 12.2. The van der Waals surface area contributed by atoms with Crippen LogP contribution in [0.1, 0.15) is 20.8 Å². The monoisotopic (exact) mass is 318 g/mol. The predicted octanol–water partition coefficient (Wildman–Crippen LogP) is 2.68. The van der Waals surface area contributed by atoms with Gasteiger partial charge >= 0.3 is 6.36 Å². The minimum absolute atomic E-state index is 0.141. The third kappa shape index (κ3) is 6.02. The zero-order valence-corrected chi connectivity index (χ0v) is 12.3. The molecule has 2 amide bonds. The van der Waals surface area contributed by atoms with Gasteiger partial charge in [-0.25, -0.2) is 0 Å². The minimum Gasteiger partial charge on any atom is -0.406 e. The van der Waals surface area contributed by atoms with E-state index in [2.05, 4.69) is 15.4 Å². The van der Waals surface area contributed by atoms with Crippen molar-refractivity contribution in [3.63, 3.8) is 0 Å². The summed E-state index contributed by atoms with van der Waals surface area (Å²) in [5.74, 6) is -1.51. The number of nitrogens with one attached hydrogen (secondary N) is 2. The predicted molar refractivity (Wildman–Crippen MR) is 74.2 cm³/mol. The molecule has 1 aromatic carbocycles. The summed E-state index contributed by atoms with van der Waals surface area (Å²) < 4.78 is 40.2. The lowest BCUT2D eigenvalue weighted by Crippen LogP contribution is -2.46. The Bertz CT molecular complexity index is 544. The van der Waals surface area contributed by atoms with E-state index in [0.29, 0.717) is 0 Å². The van der Waals surface area contributed by atoms with E-state index in [0.717, 1.165) is 12.1 Å². The molecular weight excluding hydrogens is 301 g/mol. The number of ether oxygens (including phenoxy) is 1. The molecule has 122 valence electrons. The molecule has 8 heteroatoms. The Labute approximate surface area is 125 Å². The second-order valence-electron chi connectivity index (χ2n) is 4.99. The molecule has 0 saturated heterocycles. The molecule has 22 heavy (non-hydrogen) atoms. The summed E-state index contributed by atoms with van der Waals surface area (Å²) in [5, 5.41) is 4.94. The van der Waals surface area contributed by atoms with E-state index in [1.807, 2.05) is 0 Å². The van der Waals surface area contributed by atoms with Crippen LogP contribution in [0.2, 0.25) is 0 Å². The summed E-state index contributed by atoms with van der Waals surface area (Å²) in [6, 6.07) is 4.13. The third-order valence-electron chi connectivity index (χ3n) is 2.64. The van der Waals surface area contributed by atoms with Crippen LogP contribution in [0.25, 0.3) is 0 Å². The Morgan fingerprint density at radius 1 is 1.23 bits per heavy atom. The summed E-state index contributed by atoms with van der Waals surface area (Å²) in [7, 11) is 0. The van der Waals surface area contributed by atoms with Crippen LogP contribution in [0, 0.1) is 5.92 Å². The molecule has 0 aliphatic heterocycles. The average molecular weight is 318 g/mol. The van der Waals surface area contributed by atoms with Crippen LogP contribution in [0.3, 0.4) is 0 Å². The summed E-state index contributed by atoms with van der Waals surface area (Å²) in [5.41, 5.74) is 0.141. The zero-order chi connectivity index (χ0) is 16.9. The van der Waals surface area contributed by atoms with E-state index < -0.39 is 24.1 Å². The van der Waals surface area contributed by atoms with Crippen LogP contribution in [0.5, 0.6) is 5.75 Å². The molecule has 0 aliphatic carbocycles. The van der Waals surface area contributed by atoms with Gasteiger partial charge in [0.15, 0.2) is 0 Å². The Morgan fingerprint density at radius 2 is 1.86 bits per heavy atom. The molecule has 0 saturated carbocycles. The molecular formula is C14H17F3N2O3. The normalized spacial score (nSPS) is 12.7. The number of hydrogen-bond donors (Lipinski definition) is 2. The maximum absolute atomic E-state index is 12.2. The summed E-state index contributed by atoms with van der Waals surface area (Å²) >= 11 is 0. The van der Waals surface area contributed by atoms with Gasteiger partial charge in [-0.2, -0.15) is 0 Å². The van der Waals surface area contributed by atoms with Crippen molar-refractivity contribution in [3.8, 4) is 5.75 Å². The lowest BCUT2D eigenvalue weighted by molar-refractivity contribution is -0.274. The molecule has 0 heterocycles. The number of halogens is 3. The summed E-state index contributed by atoms with van der Waals surface area (Å²) in [4.78, 5) is 23.2. The second-order valence-corrected chi connectivity index (χ2v) is 4.99. The molecule has 1 rings (SSSR count). The number of anilines is 1. The van der Waals surface area contributed by atoms with Crippen molar-refractivity contribution in [2.24, 2.45) is 5.92 Å². The van der Waals surface area contributed by atoms with Crippen LogP contribution < -0.4 is 15.4 Å². The van der Waals surface area contributed by atoms with Crippen molar-refractivity contribution < 1.29 is 27.5 Å². The first-order chi connectivity index (χ1) is 10.1. The van der Waals surface area contributed by atoms with Crippen molar-refractivity contribution in [2.75, 3.05) is 5.32 Å². The van der Waals surface area contributed by atoms with Gasteiger partial charge in [0.05, 0.1) is 0 Å². The number of carbonyl (C=O) groups excluding carboxylic acids is 2. The highest BCUT2D eigenvalue weighted by atomic mass is 19.4. The van der Waals surface area contributed by atoms with Crippen LogP contribution in [0.4, 0.5) is 18.9 Å². The van der Waals surface area contributed by atoms with Gasteiger partial charge < -0.3 is 15.4 Å². The fourth-order valence-electron chi connectivity index (χ4n) is 1.74. The van der Waals surface area contributed by atoms with E-state index >= 15 is 0 Å². The number of alkyl halides is 3. The van der Waals surface area contributed by atoms with Gasteiger partial charge in [-0.3, -0.25) is 9.59 Å². The summed E-state index contributed by atoms with van der Waals surface area (Å²) in [6.07, 6.45) is -4.81. The Hall–Kier alpha value is -2.25. The molecule has 1 unspecified atom stereocenters. The molecule has 1 atom stereocenters. The van der Waals surface area contributed by atoms with Gasteiger partial charge in [0.2, 0.25) is 11.8 Å². The minimum atomic E-state index is -4.81. The van der Waals surface area contributed by atoms with Gasteiger partial charge in [-0.1, -0.05) is 19.9 Å². The van der Waals surface area contributed by atoms with Gasteiger partial charge in [0.25, 0.3) is 0 Å². The van der Waals surface area contributed by atoms with E-state index in [1.54, 1.807) is 13.8 Å². The molecule has 2 N–H and O–H groups in total. The number of carbonyl (C=O) groups is 2. The van der Waals surface area contributed by atoms with Crippen molar-refractivity contribution in [2.45, 2.75) is 33.2 Å². The van der Waals surface area contributed by atoms with E-state index in [-0.39, 0.29) is 17.5 Å². The Morgan fingerprint density at radius 3 is 2.36 bits per heavy atom. The Balaban J connectivity index is 2.82. The third-order valence-corrected chi connectivity index (χ3v) is 2.64. The smallest absolute Gasteiger partial charge is 0.406 e. The number of rotatable bonds is 5.